The predicted molar refractivity (Wildman–Crippen MR) is 125 cm³/mol. The molecule has 3 aromatic rings. The zero-order chi connectivity index (χ0) is 23.4. The van der Waals surface area contributed by atoms with Crippen LogP contribution < -0.4 is 5.32 Å². The van der Waals surface area contributed by atoms with Gasteiger partial charge < -0.3 is 5.32 Å². The van der Waals surface area contributed by atoms with Crippen LogP contribution in [0.25, 0.3) is 11.4 Å². The van der Waals surface area contributed by atoms with Gasteiger partial charge in [0.1, 0.15) is 5.82 Å². The van der Waals surface area contributed by atoms with E-state index in [2.05, 4.69) is 15.5 Å². The van der Waals surface area contributed by atoms with E-state index in [1.54, 1.807) is 18.2 Å². The van der Waals surface area contributed by atoms with Crippen LogP contribution in [0.5, 0.6) is 0 Å². The molecular weight excluding hydrogens is 469 g/mol. The number of nitro groups is 1. The fourth-order valence-corrected chi connectivity index (χ4v) is 4.88. The third kappa shape index (κ3) is 5.33. The fraction of sp³-hybridized carbons (Fsp3) is 0.318. The standard InChI is InChI=1S/C22H21ClFN5O3S/c23-17-11-10-15(29(31)32)12-19(17)25-20(30)13-33-22-27-26-21(16-8-4-5-9-18(16)24)28(22)14-6-2-1-3-7-14/h4-5,8-12,14H,1-3,6-7,13H2,(H,25,30). The molecular formula is C22H21ClFN5O3S. The van der Waals surface area contributed by atoms with Gasteiger partial charge in [-0.05, 0) is 31.0 Å². The van der Waals surface area contributed by atoms with Crippen molar-refractivity contribution in [3.63, 3.8) is 0 Å². The monoisotopic (exact) mass is 489 g/mol. The van der Waals surface area contributed by atoms with Crippen molar-refractivity contribution >= 4 is 40.6 Å². The van der Waals surface area contributed by atoms with Crippen LogP contribution in [0.1, 0.15) is 38.1 Å². The number of thioether (sulfide) groups is 1. The van der Waals surface area contributed by atoms with E-state index in [0.717, 1.165) is 32.1 Å². The van der Waals surface area contributed by atoms with Gasteiger partial charge in [-0.25, -0.2) is 4.39 Å². The van der Waals surface area contributed by atoms with Gasteiger partial charge in [-0.2, -0.15) is 0 Å². The number of nitro benzene ring substituents is 1. The first-order valence-electron chi connectivity index (χ1n) is 10.5. The van der Waals surface area contributed by atoms with Crippen LogP contribution in [0.2, 0.25) is 5.02 Å². The molecule has 0 atom stereocenters. The van der Waals surface area contributed by atoms with Crippen molar-refractivity contribution in [2.45, 2.75) is 43.3 Å². The lowest BCUT2D eigenvalue weighted by molar-refractivity contribution is -0.384. The largest absolute Gasteiger partial charge is 0.324 e. The molecule has 1 N–H and O–H groups in total. The highest BCUT2D eigenvalue weighted by molar-refractivity contribution is 7.99. The lowest BCUT2D eigenvalue weighted by Crippen LogP contribution is -2.17. The molecule has 1 aliphatic rings. The molecule has 1 heterocycles. The smallest absolute Gasteiger partial charge is 0.271 e. The first-order valence-corrected chi connectivity index (χ1v) is 11.9. The first-order chi connectivity index (χ1) is 15.9. The van der Waals surface area contributed by atoms with Crippen molar-refractivity contribution in [1.82, 2.24) is 14.8 Å². The second-order valence-corrected chi connectivity index (χ2v) is 9.06. The number of hydrogen-bond donors (Lipinski definition) is 1. The Kier molecular flexibility index (Phi) is 7.24. The minimum absolute atomic E-state index is 0.0128. The summed E-state index contributed by atoms with van der Waals surface area (Å²) in [5.41, 5.74) is 0.362. The Bertz CT molecular complexity index is 1180. The first kappa shape index (κ1) is 23.2. The number of anilines is 1. The number of aromatic nitrogens is 3. The third-order valence-electron chi connectivity index (χ3n) is 5.49. The molecule has 4 rings (SSSR count). The van der Waals surface area contributed by atoms with Gasteiger partial charge in [0, 0.05) is 18.2 Å². The van der Waals surface area contributed by atoms with Gasteiger partial charge >= 0.3 is 0 Å². The zero-order valence-corrected chi connectivity index (χ0v) is 19.1. The third-order valence-corrected chi connectivity index (χ3v) is 6.76. The number of carbonyl (C=O) groups excluding carboxylic acids is 1. The van der Waals surface area contributed by atoms with Crippen LogP contribution in [0, 0.1) is 15.9 Å². The number of non-ortho nitro benzene ring substituents is 1. The predicted octanol–water partition coefficient (Wildman–Crippen LogP) is 5.88. The van der Waals surface area contributed by atoms with Crippen LogP contribution in [-0.2, 0) is 4.79 Å². The number of rotatable bonds is 7. The highest BCUT2D eigenvalue weighted by atomic mass is 35.5. The SMILES string of the molecule is O=C(CSc1nnc(-c2ccccc2F)n1C1CCCCC1)Nc1cc([N+](=O)[O-])ccc1Cl. The minimum atomic E-state index is -0.558. The lowest BCUT2D eigenvalue weighted by atomic mass is 9.95. The molecule has 1 aromatic heterocycles. The van der Waals surface area contributed by atoms with E-state index in [9.17, 15) is 19.3 Å². The normalized spacial score (nSPS) is 14.2. The summed E-state index contributed by atoms with van der Waals surface area (Å²) in [4.78, 5) is 23.0. The van der Waals surface area contributed by atoms with Gasteiger partial charge in [-0.15, -0.1) is 10.2 Å². The van der Waals surface area contributed by atoms with Gasteiger partial charge in [-0.1, -0.05) is 54.8 Å². The molecule has 33 heavy (non-hydrogen) atoms. The molecule has 0 radical (unpaired) electrons. The van der Waals surface area contributed by atoms with Gasteiger partial charge in [0.05, 0.1) is 26.9 Å². The summed E-state index contributed by atoms with van der Waals surface area (Å²) in [5.74, 6) is -0.338. The summed E-state index contributed by atoms with van der Waals surface area (Å²) in [6.45, 7) is 0. The van der Waals surface area contributed by atoms with E-state index < -0.39 is 10.8 Å². The van der Waals surface area contributed by atoms with Crippen molar-refractivity contribution in [2.24, 2.45) is 0 Å². The molecule has 172 valence electrons. The van der Waals surface area contributed by atoms with Gasteiger partial charge in [0.25, 0.3) is 5.69 Å². The Morgan fingerprint density at radius 1 is 1.21 bits per heavy atom. The number of hydrogen-bond acceptors (Lipinski definition) is 6. The summed E-state index contributed by atoms with van der Waals surface area (Å²) in [6, 6.07) is 10.4. The topological polar surface area (TPSA) is 103 Å². The highest BCUT2D eigenvalue weighted by Crippen LogP contribution is 2.36. The molecule has 1 aliphatic carbocycles. The van der Waals surface area contributed by atoms with Crippen LogP contribution in [-0.4, -0.2) is 31.3 Å². The fourth-order valence-electron chi connectivity index (χ4n) is 3.91. The number of carbonyl (C=O) groups is 1. The van der Waals surface area contributed by atoms with E-state index in [0.29, 0.717) is 16.5 Å². The summed E-state index contributed by atoms with van der Waals surface area (Å²) in [5, 5.41) is 22.8. The number of benzene rings is 2. The Hall–Kier alpha value is -2.98. The van der Waals surface area contributed by atoms with Gasteiger partial charge in [0.15, 0.2) is 11.0 Å². The molecule has 0 aliphatic heterocycles. The average Bonchev–Trinajstić information content (AvgIpc) is 3.23. The Morgan fingerprint density at radius 3 is 2.70 bits per heavy atom. The zero-order valence-electron chi connectivity index (χ0n) is 17.5. The number of nitrogens with one attached hydrogen (secondary N) is 1. The van der Waals surface area contributed by atoms with Crippen molar-refractivity contribution in [2.75, 3.05) is 11.1 Å². The maximum Gasteiger partial charge on any atom is 0.271 e. The molecule has 11 heteroatoms. The Balaban J connectivity index is 1.55. The summed E-state index contributed by atoms with van der Waals surface area (Å²) in [7, 11) is 0. The highest BCUT2D eigenvalue weighted by Gasteiger charge is 2.25. The quantitative estimate of drug-likeness (QED) is 0.252. The molecule has 0 bridgehead atoms. The van der Waals surface area contributed by atoms with Crippen molar-refractivity contribution < 1.29 is 14.1 Å². The van der Waals surface area contributed by atoms with E-state index in [-0.39, 0.29) is 34.0 Å². The number of nitrogens with zero attached hydrogens (tertiary/aromatic N) is 4. The maximum absolute atomic E-state index is 14.5. The molecule has 1 saturated carbocycles. The van der Waals surface area contributed by atoms with Crippen molar-refractivity contribution in [3.8, 4) is 11.4 Å². The molecule has 0 spiro atoms. The molecule has 8 nitrogen and oxygen atoms in total. The Morgan fingerprint density at radius 2 is 1.97 bits per heavy atom. The van der Waals surface area contributed by atoms with Crippen molar-refractivity contribution in [1.29, 1.82) is 0 Å². The second-order valence-electron chi connectivity index (χ2n) is 7.71. The van der Waals surface area contributed by atoms with Gasteiger partial charge in [-0.3, -0.25) is 19.5 Å². The molecule has 0 saturated heterocycles. The van der Waals surface area contributed by atoms with Crippen molar-refractivity contribution in [3.05, 3.63) is 63.4 Å². The van der Waals surface area contributed by atoms with E-state index in [1.807, 2.05) is 4.57 Å². The lowest BCUT2D eigenvalue weighted by Gasteiger charge is -2.25. The summed E-state index contributed by atoms with van der Waals surface area (Å²) < 4.78 is 16.4. The number of halogens is 2. The second kappa shape index (κ2) is 10.3. The van der Waals surface area contributed by atoms with E-state index >= 15 is 0 Å². The number of amides is 1. The van der Waals surface area contributed by atoms with E-state index in [4.69, 9.17) is 11.6 Å². The Labute approximate surface area is 198 Å². The molecule has 1 amide bonds. The minimum Gasteiger partial charge on any atom is -0.324 e. The summed E-state index contributed by atoms with van der Waals surface area (Å²) >= 11 is 7.25. The molecule has 0 unspecified atom stereocenters. The molecule has 1 fully saturated rings. The summed E-state index contributed by atoms with van der Waals surface area (Å²) in [6.07, 6.45) is 5.15. The van der Waals surface area contributed by atoms with Crippen LogP contribution in [0.4, 0.5) is 15.8 Å². The molecule has 2 aromatic carbocycles. The van der Waals surface area contributed by atoms with Crippen LogP contribution in [0.15, 0.2) is 47.6 Å². The van der Waals surface area contributed by atoms with E-state index in [1.165, 1.54) is 36.0 Å². The van der Waals surface area contributed by atoms with Crippen LogP contribution >= 0.6 is 23.4 Å². The maximum atomic E-state index is 14.5. The average molecular weight is 490 g/mol. The van der Waals surface area contributed by atoms with Crippen LogP contribution in [0.3, 0.4) is 0 Å². The van der Waals surface area contributed by atoms with Gasteiger partial charge in [0.2, 0.25) is 5.91 Å².